The standard InChI is InChI=1S/C10H10O4/c1-14-8-4-2-3-7(5-8)6-9(11)10(12)13/h2-5H,6H2,1H3,(H,12,13). The Morgan fingerprint density at radius 1 is 1.43 bits per heavy atom. The number of rotatable bonds is 4. The third-order valence-electron chi connectivity index (χ3n) is 1.74. The second-order valence-corrected chi connectivity index (χ2v) is 2.76. The van der Waals surface area contributed by atoms with Gasteiger partial charge >= 0.3 is 5.97 Å². The van der Waals surface area contributed by atoms with Crippen LogP contribution in [-0.2, 0) is 16.0 Å². The van der Waals surface area contributed by atoms with Crippen molar-refractivity contribution in [2.24, 2.45) is 0 Å². The van der Waals surface area contributed by atoms with Gasteiger partial charge in [-0.3, -0.25) is 4.79 Å². The van der Waals surface area contributed by atoms with E-state index in [0.29, 0.717) is 11.3 Å². The van der Waals surface area contributed by atoms with Gasteiger partial charge in [0.2, 0.25) is 5.78 Å². The van der Waals surface area contributed by atoms with Crippen molar-refractivity contribution in [3.8, 4) is 5.75 Å². The van der Waals surface area contributed by atoms with E-state index in [4.69, 9.17) is 9.84 Å². The Hall–Kier alpha value is -1.84. The van der Waals surface area contributed by atoms with Crippen LogP contribution in [0, 0.1) is 0 Å². The van der Waals surface area contributed by atoms with E-state index in [0.717, 1.165) is 0 Å². The molecule has 14 heavy (non-hydrogen) atoms. The van der Waals surface area contributed by atoms with Crippen LogP contribution in [0.2, 0.25) is 0 Å². The summed E-state index contributed by atoms with van der Waals surface area (Å²) < 4.78 is 4.94. The summed E-state index contributed by atoms with van der Waals surface area (Å²) in [5.74, 6) is -1.62. The molecular weight excluding hydrogens is 184 g/mol. The molecule has 0 spiro atoms. The molecule has 0 bridgehead atoms. The van der Waals surface area contributed by atoms with Gasteiger partial charge < -0.3 is 9.84 Å². The predicted molar refractivity (Wildman–Crippen MR) is 49.3 cm³/mol. The summed E-state index contributed by atoms with van der Waals surface area (Å²) in [5, 5.41) is 8.39. The number of carbonyl (C=O) groups excluding carboxylic acids is 1. The van der Waals surface area contributed by atoms with Gasteiger partial charge in [0, 0.05) is 6.42 Å². The summed E-state index contributed by atoms with van der Waals surface area (Å²) in [6.07, 6.45) is -0.105. The summed E-state index contributed by atoms with van der Waals surface area (Å²) in [5.41, 5.74) is 0.636. The van der Waals surface area contributed by atoms with Crippen LogP contribution in [0.5, 0.6) is 5.75 Å². The summed E-state index contributed by atoms with van der Waals surface area (Å²) in [6.45, 7) is 0. The maximum Gasteiger partial charge on any atom is 0.372 e. The molecule has 1 aromatic carbocycles. The molecule has 0 amide bonds. The minimum Gasteiger partial charge on any atom is -0.497 e. The van der Waals surface area contributed by atoms with Crippen molar-refractivity contribution in [3.63, 3.8) is 0 Å². The van der Waals surface area contributed by atoms with E-state index in [2.05, 4.69) is 0 Å². The maximum absolute atomic E-state index is 10.9. The highest BCUT2D eigenvalue weighted by Gasteiger charge is 2.11. The molecule has 1 N–H and O–H groups in total. The minimum atomic E-state index is -1.41. The van der Waals surface area contributed by atoms with E-state index in [1.54, 1.807) is 24.3 Å². The Morgan fingerprint density at radius 3 is 2.71 bits per heavy atom. The van der Waals surface area contributed by atoms with Crippen LogP contribution < -0.4 is 4.74 Å². The van der Waals surface area contributed by atoms with Crippen LogP contribution in [0.3, 0.4) is 0 Å². The molecule has 74 valence electrons. The van der Waals surface area contributed by atoms with E-state index in [-0.39, 0.29) is 6.42 Å². The highest BCUT2D eigenvalue weighted by molar-refractivity contribution is 6.33. The van der Waals surface area contributed by atoms with Gasteiger partial charge in [-0.25, -0.2) is 4.79 Å². The van der Waals surface area contributed by atoms with Gasteiger partial charge in [-0.05, 0) is 17.7 Å². The van der Waals surface area contributed by atoms with Gasteiger partial charge in [0.25, 0.3) is 0 Å². The summed E-state index contributed by atoms with van der Waals surface area (Å²) in [6, 6.07) is 6.77. The molecular formula is C10H10O4. The van der Waals surface area contributed by atoms with E-state index >= 15 is 0 Å². The van der Waals surface area contributed by atoms with E-state index in [1.165, 1.54) is 7.11 Å². The smallest absolute Gasteiger partial charge is 0.372 e. The molecule has 1 rings (SSSR count). The molecule has 1 aromatic rings. The first-order valence-electron chi connectivity index (χ1n) is 4.02. The molecule has 0 saturated heterocycles. The zero-order valence-electron chi connectivity index (χ0n) is 7.69. The molecule has 0 aromatic heterocycles. The third-order valence-corrected chi connectivity index (χ3v) is 1.74. The summed E-state index contributed by atoms with van der Waals surface area (Å²) >= 11 is 0. The van der Waals surface area contributed by atoms with Gasteiger partial charge in [0.05, 0.1) is 7.11 Å². The van der Waals surface area contributed by atoms with Crippen LogP contribution in [0.15, 0.2) is 24.3 Å². The Labute approximate surface area is 81.1 Å². The Kier molecular flexibility index (Phi) is 3.23. The first kappa shape index (κ1) is 10.2. The molecule has 0 aliphatic rings. The second-order valence-electron chi connectivity index (χ2n) is 2.76. The first-order chi connectivity index (χ1) is 6.63. The quantitative estimate of drug-likeness (QED) is 0.723. The van der Waals surface area contributed by atoms with Gasteiger partial charge in [-0.15, -0.1) is 0 Å². The van der Waals surface area contributed by atoms with Crippen molar-refractivity contribution in [2.45, 2.75) is 6.42 Å². The Morgan fingerprint density at radius 2 is 2.14 bits per heavy atom. The lowest BCUT2D eigenvalue weighted by atomic mass is 10.1. The average Bonchev–Trinajstić information content (AvgIpc) is 2.18. The first-order valence-corrected chi connectivity index (χ1v) is 4.02. The van der Waals surface area contributed by atoms with Crippen molar-refractivity contribution in [3.05, 3.63) is 29.8 Å². The number of ketones is 1. The van der Waals surface area contributed by atoms with Crippen molar-refractivity contribution in [2.75, 3.05) is 7.11 Å². The fraction of sp³-hybridized carbons (Fsp3) is 0.200. The zero-order chi connectivity index (χ0) is 10.6. The van der Waals surface area contributed by atoms with Crippen molar-refractivity contribution in [1.82, 2.24) is 0 Å². The largest absolute Gasteiger partial charge is 0.497 e. The topological polar surface area (TPSA) is 63.6 Å². The number of ether oxygens (including phenoxy) is 1. The van der Waals surface area contributed by atoms with Crippen LogP contribution >= 0.6 is 0 Å². The summed E-state index contributed by atoms with van der Waals surface area (Å²) in [4.78, 5) is 21.1. The van der Waals surface area contributed by atoms with E-state index < -0.39 is 11.8 Å². The number of hydrogen-bond acceptors (Lipinski definition) is 3. The lowest BCUT2D eigenvalue weighted by Gasteiger charge is -2.01. The van der Waals surface area contributed by atoms with Crippen LogP contribution in [0.4, 0.5) is 0 Å². The lowest BCUT2D eigenvalue weighted by Crippen LogP contribution is -2.14. The van der Waals surface area contributed by atoms with Crippen molar-refractivity contribution >= 4 is 11.8 Å². The van der Waals surface area contributed by atoms with E-state index in [9.17, 15) is 9.59 Å². The van der Waals surface area contributed by atoms with Crippen molar-refractivity contribution in [1.29, 1.82) is 0 Å². The number of aliphatic carboxylic acids is 1. The maximum atomic E-state index is 10.9. The third kappa shape index (κ3) is 2.58. The number of carboxylic acid groups (broad SMARTS) is 1. The molecule has 0 aliphatic carbocycles. The summed E-state index contributed by atoms with van der Waals surface area (Å²) in [7, 11) is 1.51. The van der Waals surface area contributed by atoms with Gasteiger partial charge in [0.1, 0.15) is 5.75 Å². The number of methoxy groups -OCH3 is 1. The number of carbonyl (C=O) groups is 2. The van der Waals surface area contributed by atoms with Crippen LogP contribution in [-0.4, -0.2) is 24.0 Å². The van der Waals surface area contributed by atoms with Crippen molar-refractivity contribution < 1.29 is 19.4 Å². The SMILES string of the molecule is COc1cccc(CC(=O)C(=O)O)c1. The van der Waals surface area contributed by atoms with Gasteiger partial charge in [0.15, 0.2) is 0 Å². The predicted octanol–water partition coefficient (Wildman–Crippen LogP) is 0.891. The number of hydrogen-bond donors (Lipinski definition) is 1. The van der Waals surface area contributed by atoms with E-state index in [1.807, 2.05) is 0 Å². The molecule has 0 heterocycles. The molecule has 0 radical (unpaired) electrons. The number of Topliss-reactive ketones (excluding diaryl/α,β-unsaturated/α-hetero) is 1. The fourth-order valence-electron chi connectivity index (χ4n) is 1.04. The number of benzene rings is 1. The lowest BCUT2D eigenvalue weighted by molar-refractivity contribution is -0.148. The molecule has 0 atom stereocenters. The van der Waals surface area contributed by atoms with Gasteiger partial charge in [-0.1, -0.05) is 12.1 Å². The Balaban J connectivity index is 2.76. The molecule has 4 heteroatoms. The molecule has 0 fully saturated rings. The van der Waals surface area contributed by atoms with Crippen LogP contribution in [0.1, 0.15) is 5.56 Å². The van der Waals surface area contributed by atoms with Gasteiger partial charge in [-0.2, -0.15) is 0 Å². The second kappa shape index (κ2) is 4.41. The molecule has 0 aliphatic heterocycles. The molecule has 4 nitrogen and oxygen atoms in total. The molecule has 0 unspecified atom stereocenters. The molecule has 0 saturated carbocycles. The normalized spacial score (nSPS) is 9.50. The fourth-order valence-corrected chi connectivity index (χ4v) is 1.04. The highest BCUT2D eigenvalue weighted by Crippen LogP contribution is 2.12. The highest BCUT2D eigenvalue weighted by atomic mass is 16.5. The average molecular weight is 194 g/mol. The number of carboxylic acids is 1. The Bertz CT molecular complexity index is 357. The van der Waals surface area contributed by atoms with Crippen LogP contribution in [0.25, 0.3) is 0 Å². The minimum absolute atomic E-state index is 0.105. The zero-order valence-corrected chi connectivity index (χ0v) is 7.69. The monoisotopic (exact) mass is 194 g/mol.